The molecule has 0 atom stereocenters. The number of pyridine rings is 1. The minimum absolute atomic E-state index is 0.459. The van der Waals surface area contributed by atoms with Crippen LogP contribution in [0.1, 0.15) is 11.4 Å². The quantitative estimate of drug-likeness (QED) is 0.628. The fraction of sp³-hybridized carbons (Fsp3) is 0.133. The summed E-state index contributed by atoms with van der Waals surface area (Å²) in [5.74, 6) is 0.645. The van der Waals surface area contributed by atoms with Crippen molar-refractivity contribution in [3.63, 3.8) is 0 Å². The number of fused-ring (bicyclic) bond motifs is 1. The van der Waals surface area contributed by atoms with Crippen molar-refractivity contribution in [2.24, 2.45) is 0 Å². The van der Waals surface area contributed by atoms with Gasteiger partial charge in [0.25, 0.3) is 0 Å². The van der Waals surface area contributed by atoms with Gasteiger partial charge in [-0.3, -0.25) is 4.98 Å². The normalized spacial score (nSPS) is 10.9. The van der Waals surface area contributed by atoms with Crippen LogP contribution in [0.5, 0.6) is 0 Å². The van der Waals surface area contributed by atoms with Crippen LogP contribution in [0.4, 0.5) is 0 Å². The molecule has 2 aromatic heterocycles. The maximum atomic E-state index is 6.02. The Labute approximate surface area is 116 Å². The molecule has 94 valence electrons. The smallest absolute Gasteiger partial charge is 0.161 e. The van der Waals surface area contributed by atoms with Crippen molar-refractivity contribution in [1.82, 2.24) is 15.0 Å². The molecule has 1 aromatic carbocycles. The zero-order valence-electron chi connectivity index (χ0n) is 10.7. The maximum Gasteiger partial charge on any atom is 0.161 e. The van der Waals surface area contributed by atoms with Crippen LogP contribution in [0.3, 0.4) is 0 Å². The topological polar surface area (TPSA) is 38.7 Å². The number of para-hydroxylation sites is 1. The van der Waals surface area contributed by atoms with Gasteiger partial charge < -0.3 is 0 Å². The molecular formula is C15H12ClN3. The van der Waals surface area contributed by atoms with Crippen LogP contribution in [-0.2, 0) is 0 Å². The Balaban J connectivity index is 2.35. The van der Waals surface area contributed by atoms with Gasteiger partial charge in [0.15, 0.2) is 5.82 Å². The molecule has 0 bridgehead atoms. The molecule has 0 aliphatic carbocycles. The number of aryl methyl sites for hydroxylation is 2. The van der Waals surface area contributed by atoms with Crippen LogP contribution in [0.25, 0.3) is 22.3 Å². The molecule has 0 saturated heterocycles. The van der Waals surface area contributed by atoms with Crippen molar-refractivity contribution in [3.05, 3.63) is 52.9 Å². The predicted molar refractivity (Wildman–Crippen MR) is 77.3 cm³/mol. The number of hydrogen-bond donors (Lipinski definition) is 0. The Bertz CT molecular complexity index is 748. The van der Waals surface area contributed by atoms with E-state index in [0.717, 1.165) is 27.9 Å². The number of halogens is 1. The van der Waals surface area contributed by atoms with Gasteiger partial charge in [-0.25, -0.2) is 9.97 Å². The summed E-state index contributed by atoms with van der Waals surface area (Å²) in [7, 11) is 0. The molecule has 0 spiro atoms. The van der Waals surface area contributed by atoms with Crippen molar-refractivity contribution >= 4 is 22.5 Å². The third kappa shape index (κ3) is 2.29. The zero-order chi connectivity index (χ0) is 13.4. The van der Waals surface area contributed by atoms with E-state index in [1.807, 2.05) is 44.2 Å². The molecule has 3 rings (SSSR count). The van der Waals surface area contributed by atoms with Crippen LogP contribution in [0.2, 0.25) is 5.15 Å². The molecule has 0 radical (unpaired) electrons. The van der Waals surface area contributed by atoms with E-state index >= 15 is 0 Å². The molecule has 3 nitrogen and oxygen atoms in total. The molecule has 0 aliphatic rings. The summed E-state index contributed by atoms with van der Waals surface area (Å²) in [5.41, 5.74) is 3.70. The predicted octanol–water partition coefficient (Wildman–Crippen LogP) is 3.96. The zero-order valence-corrected chi connectivity index (χ0v) is 11.4. The molecule has 0 fully saturated rings. The van der Waals surface area contributed by atoms with E-state index in [-0.39, 0.29) is 0 Å². The van der Waals surface area contributed by atoms with E-state index in [1.54, 1.807) is 6.07 Å². The number of hydrogen-bond acceptors (Lipinski definition) is 3. The Morgan fingerprint density at radius 2 is 1.63 bits per heavy atom. The molecule has 4 heteroatoms. The highest BCUT2D eigenvalue weighted by Gasteiger charge is 2.09. The Kier molecular flexibility index (Phi) is 2.91. The summed E-state index contributed by atoms with van der Waals surface area (Å²) in [6.45, 7) is 3.88. The van der Waals surface area contributed by atoms with Gasteiger partial charge in [0, 0.05) is 22.3 Å². The van der Waals surface area contributed by atoms with Gasteiger partial charge >= 0.3 is 0 Å². The summed E-state index contributed by atoms with van der Waals surface area (Å²) >= 11 is 6.02. The molecule has 0 aliphatic heterocycles. The number of rotatable bonds is 1. The Morgan fingerprint density at radius 3 is 2.42 bits per heavy atom. The van der Waals surface area contributed by atoms with Gasteiger partial charge in [0.05, 0.1) is 5.52 Å². The molecule has 2 heterocycles. The SMILES string of the molecule is Cc1cc(Cl)nc(-c2cc(C)nc3ccccc23)n1. The van der Waals surface area contributed by atoms with Crippen molar-refractivity contribution in [2.75, 3.05) is 0 Å². The van der Waals surface area contributed by atoms with Crippen molar-refractivity contribution in [3.8, 4) is 11.4 Å². The Hall–Kier alpha value is -2.00. The number of aromatic nitrogens is 3. The summed E-state index contributed by atoms with van der Waals surface area (Å²) < 4.78 is 0. The van der Waals surface area contributed by atoms with Crippen LogP contribution in [0, 0.1) is 13.8 Å². The fourth-order valence-corrected chi connectivity index (χ4v) is 2.38. The van der Waals surface area contributed by atoms with Gasteiger partial charge in [0.2, 0.25) is 0 Å². The monoisotopic (exact) mass is 269 g/mol. The lowest BCUT2D eigenvalue weighted by atomic mass is 10.1. The van der Waals surface area contributed by atoms with Crippen molar-refractivity contribution in [1.29, 1.82) is 0 Å². The second-order valence-electron chi connectivity index (χ2n) is 4.48. The van der Waals surface area contributed by atoms with E-state index in [1.165, 1.54) is 0 Å². The molecule has 0 unspecified atom stereocenters. The van der Waals surface area contributed by atoms with Crippen molar-refractivity contribution < 1.29 is 0 Å². The molecule has 0 amide bonds. The Morgan fingerprint density at radius 1 is 0.895 bits per heavy atom. The average molecular weight is 270 g/mol. The van der Waals surface area contributed by atoms with Crippen molar-refractivity contribution in [2.45, 2.75) is 13.8 Å². The lowest BCUT2D eigenvalue weighted by molar-refractivity contribution is 1.11. The van der Waals surface area contributed by atoms with Crippen LogP contribution >= 0.6 is 11.6 Å². The maximum absolute atomic E-state index is 6.02. The lowest BCUT2D eigenvalue weighted by Crippen LogP contribution is -1.95. The summed E-state index contributed by atoms with van der Waals surface area (Å²) in [4.78, 5) is 13.3. The highest BCUT2D eigenvalue weighted by molar-refractivity contribution is 6.29. The number of benzene rings is 1. The first-order chi connectivity index (χ1) is 9.13. The first-order valence-electron chi connectivity index (χ1n) is 6.01. The minimum atomic E-state index is 0.459. The highest BCUT2D eigenvalue weighted by Crippen LogP contribution is 2.27. The van der Waals surface area contributed by atoms with Gasteiger partial charge in [-0.1, -0.05) is 29.8 Å². The lowest BCUT2D eigenvalue weighted by Gasteiger charge is -2.07. The van der Waals surface area contributed by atoms with E-state index in [0.29, 0.717) is 11.0 Å². The largest absolute Gasteiger partial charge is 0.253 e. The van der Waals surface area contributed by atoms with E-state index < -0.39 is 0 Å². The third-order valence-corrected chi connectivity index (χ3v) is 3.10. The first kappa shape index (κ1) is 12.1. The van der Waals surface area contributed by atoms with Gasteiger partial charge in [-0.2, -0.15) is 0 Å². The second kappa shape index (κ2) is 4.59. The number of nitrogens with zero attached hydrogens (tertiary/aromatic N) is 3. The summed E-state index contributed by atoms with van der Waals surface area (Å²) in [6, 6.07) is 11.7. The van der Waals surface area contributed by atoms with E-state index in [2.05, 4.69) is 15.0 Å². The molecule has 3 aromatic rings. The molecule has 19 heavy (non-hydrogen) atoms. The standard InChI is InChI=1S/C15H12ClN3/c1-9-7-12(11-5-3-4-6-13(11)17-9)15-18-10(2)8-14(16)19-15/h3-8H,1-2H3. The van der Waals surface area contributed by atoms with Crippen LogP contribution in [0.15, 0.2) is 36.4 Å². The average Bonchev–Trinajstić information content (AvgIpc) is 2.36. The summed E-state index contributed by atoms with van der Waals surface area (Å²) in [6.07, 6.45) is 0. The molecule has 0 N–H and O–H groups in total. The highest BCUT2D eigenvalue weighted by atomic mass is 35.5. The van der Waals surface area contributed by atoms with E-state index in [4.69, 9.17) is 11.6 Å². The van der Waals surface area contributed by atoms with Crippen LogP contribution < -0.4 is 0 Å². The third-order valence-electron chi connectivity index (χ3n) is 2.91. The molecular weight excluding hydrogens is 258 g/mol. The van der Waals surface area contributed by atoms with Gasteiger partial charge in [-0.15, -0.1) is 0 Å². The van der Waals surface area contributed by atoms with Gasteiger partial charge in [0.1, 0.15) is 5.15 Å². The van der Waals surface area contributed by atoms with Crippen LogP contribution in [-0.4, -0.2) is 15.0 Å². The summed E-state index contributed by atoms with van der Waals surface area (Å²) in [5, 5.41) is 1.50. The van der Waals surface area contributed by atoms with Gasteiger partial charge in [-0.05, 0) is 32.0 Å². The van der Waals surface area contributed by atoms with E-state index in [9.17, 15) is 0 Å². The molecule has 0 saturated carbocycles. The minimum Gasteiger partial charge on any atom is -0.253 e. The second-order valence-corrected chi connectivity index (χ2v) is 4.87. The first-order valence-corrected chi connectivity index (χ1v) is 6.39. The fourth-order valence-electron chi connectivity index (χ4n) is 2.14.